The zero-order valence-corrected chi connectivity index (χ0v) is 17.2. The van der Waals surface area contributed by atoms with Crippen LogP contribution in [0.25, 0.3) is 22.1 Å². The summed E-state index contributed by atoms with van der Waals surface area (Å²) in [6.07, 6.45) is 6.51. The van der Waals surface area contributed by atoms with Gasteiger partial charge in [-0.25, -0.2) is 15.0 Å². The first-order valence-electron chi connectivity index (χ1n) is 10.2. The second kappa shape index (κ2) is 8.16. The molecular formula is C23H22N6O2. The summed E-state index contributed by atoms with van der Waals surface area (Å²) in [5.74, 6) is 1.79. The van der Waals surface area contributed by atoms with Crippen molar-refractivity contribution in [3.05, 3.63) is 66.9 Å². The number of fused-ring (bicyclic) bond motifs is 1. The van der Waals surface area contributed by atoms with E-state index in [1.807, 2.05) is 30.3 Å². The molecule has 0 radical (unpaired) electrons. The molecule has 5 rings (SSSR count). The normalized spacial score (nSPS) is 14.7. The highest BCUT2D eigenvalue weighted by molar-refractivity contribution is 6.05. The third-order valence-electron chi connectivity index (χ3n) is 5.52. The van der Waals surface area contributed by atoms with Crippen molar-refractivity contribution in [1.29, 1.82) is 0 Å². The molecule has 3 aromatic heterocycles. The molecule has 1 aliphatic heterocycles. The van der Waals surface area contributed by atoms with Gasteiger partial charge < -0.3 is 19.5 Å². The topological polar surface area (TPSA) is 87.4 Å². The molecule has 1 saturated heterocycles. The maximum Gasteiger partial charge on any atom is 0.257 e. The smallest absolute Gasteiger partial charge is 0.257 e. The average molecular weight is 414 g/mol. The number of hydrogen-bond acceptors (Lipinski definition) is 7. The van der Waals surface area contributed by atoms with E-state index in [9.17, 15) is 4.79 Å². The summed E-state index contributed by atoms with van der Waals surface area (Å²) in [7, 11) is 2.11. The zero-order chi connectivity index (χ0) is 21.2. The molecule has 4 heterocycles. The third-order valence-corrected chi connectivity index (χ3v) is 5.52. The Bertz CT molecular complexity index is 1220. The van der Waals surface area contributed by atoms with Gasteiger partial charge >= 0.3 is 0 Å². The van der Waals surface area contributed by atoms with Gasteiger partial charge in [-0.2, -0.15) is 0 Å². The van der Waals surface area contributed by atoms with Gasteiger partial charge in [-0.1, -0.05) is 12.1 Å². The minimum absolute atomic E-state index is 0.212. The van der Waals surface area contributed by atoms with Crippen LogP contribution in [0.15, 0.2) is 65.8 Å². The summed E-state index contributed by atoms with van der Waals surface area (Å²) in [4.78, 5) is 30.2. The van der Waals surface area contributed by atoms with Crippen molar-refractivity contribution >= 4 is 28.3 Å². The highest BCUT2D eigenvalue weighted by Gasteiger charge is 2.17. The van der Waals surface area contributed by atoms with Gasteiger partial charge in [0.15, 0.2) is 12.2 Å². The van der Waals surface area contributed by atoms with Gasteiger partial charge in [0.2, 0.25) is 0 Å². The molecule has 0 bridgehead atoms. The van der Waals surface area contributed by atoms with E-state index in [1.165, 1.54) is 6.39 Å². The number of aromatic nitrogens is 3. The number of oxazole rings is 1. The summed E-state index contributed by atoms with van der Waals surface area (Å²) < 4.78 is 5.38. The van der Waals surface area contributed by atoms with Gasteiger partial charge in [0.25, 0.3) is 5.91 Å². The Kier molecular flexibility index (Phi) is 5.05. The number of amides is 1. The molecule has 8 heteroatoms. The van der Waals surface area contributed by atoms with E-state index in [4.69, 9.17) is 4.42 Å². The molecule has 0 aliphatic carbocycles. The van der Waals surface area contributed by atoms with E-state index in [-0.39, 0.29) is 5.91 Å². The summed E-state index contributed by atoms with van der Waals surface area (Å²) in [5.41, 5.74) is 1.47. The molecule has 0 atom stereocenters. The summed E-state index contributed by atoms with van der Waals surface area (Å²) in [5, 5.41) is 4.83. The quantitative estimate of drug-likeness (QED) is 0.548. The van der Waals surface area contributed by atoms with E-state index < -0.39 is 0 Å². The lowest BCUT2D eigenvalue weighted by Crippen LogP contribution is -2.44. The molecule has 156 valence electrons. The number of benzene rings is 1. The molecule has 1 aromatic carbocycles. The van der Waals surface area contributed by atoms with Crippen LogP contribution in [0.1, 0.15) is 10.4 Å². The van der Waals surface area contributed by atoms with E-state index in [2.05, 4.69) is 37.1 Å². The average Bonchev–Trinajstić information content (AvgIpc) is 3.34. The van der Waals surface area contributed by atoms with Crippen LogP contribution >= 0.6 is 0 Å². The van der Waals surface area contributed by atoms with Gasteiger partial charge in [-0.05, 0) is 36.7 Å². The Morgan fingerprint density at radius 3 is 2.68 bits per heavy atom. The molecule has 1 N–H and O–H groups in total. The summed E-state index contributed by atoms with van der Waals surface area (Å²) in [6.45, 7) is 3.76. The number of rotatable bonds is 4. The molecular weight excluding hydrogens is 392 g/mol. The Labute approximate surface area is 179 Å². The van der Waals surface area contributed by atoms with Crippen molar-refractivity contribution in [3.63, 3.8) is 0 Å². The number of carbonyl (C=O) groups is 1. The number of carbonyl (C=O) groups excluding carboxylic acids is 1. The number of nitrogens with zero attached hydrogens (tertiary/aromatic N) is 5. The monoisotopic (exact) mass is 414 g/mol. The van der Waals surface area contributed by atoms with E-state index in [0.29, 0.717) is 17.1 Å². The number of likely N-dealkylation sites (N-methyl/N-ethyl adjacent to an activating group) is 1. The first-order chi connectivity index (χ1) is 15.2. The van der Waals surface area contributed by atoms with Gasteiger partial charge in [0.05, 0.1) is 6.20 Å². The van der Waals surface area contributed by atoms with E-state index in [1.54, 1.807) is 24.7 Å². The van der Waals surface area contributed by atoms with Gasteiger partial charge in [-0.15, -0.1) is 0 Å². The predicted octanol–water partition coefficient (Wildman–Crippen LogP) is 3.29. The number of nitrogens with one attached hydrogen (secondary N) is 1. The van der Waals surface area contributed by atoms with Crippen molar-refractivity contribution < 1.29 is 9.21 Å². The Morgan fingerprint density at radius 2 is 1.87 bits per heavy atom. The van der Waals surface area contributed by atoms with Gasteiger partial charge in [-0.3, -0.25) is 4.79 Å². The zero-order valence-electron chi connectivity index (χ0n) is 17.2. The number of anilines is 2. The summed E-state index contributed by atoms with van der Waals surface area (Å²) >= 11 is 0. The van der Waals surface area contributed by atoms with Crippen molar-refractivity contribution in [2.45, 2.75) is 0 Å². The molecule has 1 fully saturated rings. The van der Waals surface area contributed by atoms with Crippen molar-refractivity contribution in [3.8, 4) is 11.3 Å². The highest BCUT2D eigenvalue weighted by atomic mass is 16.3. The number of piperazine rings is 1. The Morgan fingerprint density at radius 1 is 1.00 bits per heavy atom. The summed E-state index contributed by atoms with van der Waals surface area (Å²) in [6, 6.07) is 11.3. The molecule has 0 spiro atoms. The second-order valence-electron chi connectivity index (χ2n) is 7.64. The molecule has 1 aliphatic rings. The molecule has 0 unspecified atom stereocenters. The molecule has 1 amide bonds. The number of pyridine rings is 2. The maximum atomic E-state index is 12.9. The molecule has 0 saturated carbocycles. The minimum Gasteiger partial charge on any atom is -0.444 e. The van der Waals surface area contributed by atoms with E-state index >= 15 is 0 Å². The third kappa shape index (κ3) is 4.10. The lowest BCUT2D eigenvalue weighted by Gasteiger charge is -2.33. The van der Waals surface area contributed by atoms with Crippen molar-refractivity contribution in [2.75, 3.05) is 43.4 Å². The van der Waals surface area contributed by atoms with Crippen LogP contribution in [0.4, 0.5) is 11.6 Å². The SMILES string of the molecule is CN1CCN(c2cc(C(=O)Nc3cc4cc(-c5cnco5)ccc4cn3)ccn2)CC1. The van der Waals surface area contributed by atoms with Crippen LogP contribution in [-0.4, -0.2) is 59.0 Å². The Hall–Kier alpha value is -3.78. The maximum absolute atomic E-state index is 12.9. The standard InChI is InChI=1S/C23H22N6O2/c1-28-6-8-29(9-7-28)22-12-17(4-5-25-22)23(30)27-21-11-19-10-16(20-14-24-15-31-20)2-3-18(19)13-26-21/h2-5,10-15H,6-9H2,1H3,(H,26,27,30). The fourth-order valence-corrected chi connectivity index (χ4v) is 3.68. The fraction of sp³-hybridized carbons (Fsp3) is 0.217. The van der Waals surface area contributed by atoms with Gasteiger partial charge in [0, 0.05) is 55.1 Å². The van der Waals surface area contributed by atoms with Crippen LogP contribution in [0.5, 0.6) is 0 Å². The molecule has 31 heavy (non-hydrogen) atoms. The highest BCUT2D eigenvalue weighted by Crippen LogP contribution is 2.25. The van der Waals surface area contributed by atoms with Crippen LogP contribution in [0.3, 0.4) is 0 Å². The van der Waals surface area contributed by atoms with E-state index in [0.717, 1.165) is 48.3 Å². The van der Waals surface area contributed by atoms with Crippen LogP contribution in [0.2, 0.25) is 0 Å². The van der Waals surface area contributed by atoms with Crippen LogP contribution in [-0.2, 0) is 0 Å². The lowest BCUT2D eigenvalue weighted by molar-refractivity contribution is 0.102. The first-order valence-corrected chi connectivity index (χ1v) is 10.2. The largest absolute Gasteiger partial charge is 0.444 e. The Balaban J connectivity index is 1.35. The van der Waals surface area contributed by atoms with Crippen LogP contribution < -0.4 is 10.2 Å². The lowest BCUT2D eigenvalue weighted by atomic mass is 10.1. The van der Waals surface area contributed by atoms with Crippen molar-refractivity contribution in [2.24, 2.45) is 0 Å². The molecule has 8 nitrogen and oxygen atoms in total. The predicted molar refractivity (Wildman–Crippen MR) is 119 cm³/mol. The first kappa shape index (κ1) is 19.2. The molecule has 4 aromatic rings. The van der Waals surface area contributed by atoms with Gasteiger partial charge in [0.1, 0.15) is 11.6 Å². The minimum atomic E-state index is -0.212. The number of hydrogen-bond donors (Lipinski definition) is 1. The van der Waals surface area contributed by atoms with Crippen molar-refractivity contribution in [1.82, 2.24) is 19.9 Å². The van der Waals surface area contributed by atoms with Crippen LogP contribution in [0, 0.1) is 0 Å². The fourth-order valence-electron chi connectivity index (χ4n) is 3.68. The second-order valence-corrected chi connectivity index (χ2v) is 7.64.